The van der Waals surface area contributed by atoms with E-state index in [1.54, 1.807) is 27.7 Å². The molecule has 0 N–H and O–H groups in total. The Morgan fingerprint density at radius 2 is 1.04 bits per heavy atom. The first-order valence-corrected chi connectivity index (χ1v) is 13.5. The van der Waals surface area contributed by atoms with Crippen molar-refractivity contribution in [1.29, 1.82) is 0 Å². The summed E-state index contributed by atoms with van der Waals surface area (Å²) in [7, 11) is -6.36. The van der Waals surface area contributed by atoms with Crippen molar-refractivity contribution in [2.24, 2.45) is 0 Å². The van der Waals surface area contributed by atoms with E-state index in [2.05, 4.69) is 0 Å². The molecular formula is C17H40NO7P2+. The first-order chi connectivity index (χ1) is 12.8. The SMILES string of the molecule is CCCO[N+](CC)(CCP(=O)(OCC)OCC)CCP(=O)(OCC)OCC. The summed E-state index contributed by atoms with van der Waals surface area (Å²) in [6.45, 7) is 14.5. The summed E-state index contributed by atoms with van der Waals surface area (Å²) < 4.78 is 47.5. The molecule has 27 heavy (non-hydrogen) atoms. The van der Waals surface area contributed by atoms with Crippen LogP contribution in [0.25, 0.3) is 0 Å². The van der Waals surface area contributed by atoms with Crippen LogP contribution in [-0.4, -0.2) is 69.6 Å². The fraction of sp³-hybridized carbons (Fsp3) is 1.00. The van der Waals surface area contributed by atoms with Gasteiger partial charge < -0.3 is 18.1 Å². The molecule has 0 spiro atoms. The Labute approximate surface area is 165 Å². The van der Waals surface area contributed by atoms with Crippen molar-refractivity contribution in [2.45, 2.75) is 48.0 Å². The third-order valence-corrected chi connectivity index (χ3v) is 8.11. The third kappa shape index (κ3) is 10.5. The van der Waals surface area contributed by atoms with Crippen LogP contribution >= 0.6 is 15.2 Å². The molecule has 0 aliphatic carbocycles. The Balaban J connectivity index is 5.28. The zero-order chi connectivity index (χ0) is 20.8. The van der Waals surface area contributed by atoms with Gasteiger partial charge in [0.1, 0.15) is 38.6 Å². The van der Waals surface area contributed by atoms with Crippen LogP contribution in [0.3, 0.4) is 0 Å². The van der Waals surface area contributed by atoms with Crippen molar-refractivity contribution < 1.29 is 36.7 Å². The van der Waals surface area contributed by atoms with Crippen LogP contribution in [0.1, 0.15) is 48.0 Å². The number of hydrogen-bond donors (Lipinski definition) is 0. The van der Waals surface area contributed by atoms with Crippen LogP contribution in [0.2, 0.25) is 0 Å². The standard InChI is InChI=1S/C17H40NO7P2/c1-7-15-21-18(8-2,13-16-26(19,22-9-3)23-10-4)14-17-27(20,24-11-5)25-12-6/h7-17H2,1-6H3/q+1. The van der Waals surface area contributed by atoms with Crippen molar-refractivity contribution >= 4 is 15.2 Å². The van der Waals surface area contributed by atoms with Crippen LogP contribution < -0.4 is 0 Å². The normalized spacial score (nSPS) is 13.3. The van der Waals surface area contributed by atoms with Gasteiger partial charge in [-0.25, -0.2) is 4.84 Å². The minimum absolute atomic E-state index is 0.210. The van der Waals surface area contributed by atoms with E-state index in [0.717, 1.165) is 6.42 Å². The Morgan fingerprint density at radius 1 is 0.667 bits per heavy atom. The highest BCUT2D eigenvalue weighted by atomic mass is 31.2. The fourth-order valence-corrected chi connectivity index (χ4v) is 6.12. The van der Waals surface area contributed by atoms with E-state index >= 15 is 0 Å². The summed E-state index contributed by atoms with van der Waals surface area (Å²) in [6.07, 6.45) is 1.32. The molecule has 0 saturated carbocycles. The highest BCUT2D eigenvalue weighted by Gasteiger charge is 2.37. The largest absolute Gasteiger partial charge is 0.336 e. The second-order valence-corrected chi connectivity index (χ2v) is 10.4. The zero-order valence-electron chi connectivity index (χ0n) is 18.0. The van der Waals surface area contributed by atoms with Crippen molar-refractivity contribution in [1.82, 2.24) is 0 Å². The number of quaternary nitrogens is 1. The highest BCUT2D eigenvalue weighted by Crippen LogP contribution is 2.50. The Morgan fingerprint density at radius 3 is 1.30 bits per heavy atom. The van der Waals surface area contributed by atoms with Crippen LogP contribution in [-0.2, 0) is 32.1 Å². The zero-order valence-corrected chi connectivity index (χ0v) is 19.8. The Kier molecular flexibility index (Phi) is 14.4. The van der Waals surface area contributed by atoms with Gasteiger partial charge in [-0.3, -0.25) is 9.13 Å². The Hall–Kier alpha value is 0.220. The monoisotopic (exact) mass is 432 g/mol. The summed E-state index contributed by atoms with van der Waals surface area (Å²) in [4.78, 5) is 6.10. The fourth-order valence-electron chi connectivity index (χ4n) is 2.66. The number of hydrogen-bond acceptors (Lipinski definition) is 7. The van der Waals surface area contributed by atoms with Gasteiger partial charge in [0.25, 0.3) is 0 Å². The van der Waals surface area contributed by atoms with E-state index in [1.807, 2.05) is 13.8 Å². The third-order valence-electron chi connectivity index (χ3n) is 4.01. The predicted octanol–water partition coefficient (Wildman–Crippen LogP) is 4.70. The maximum absolute atomic E-state index is 12.8. The molecular weight excluding hydrogens is 392 g/mol. The maximum Gasteiger partial charge on any atom is 0.336 e. The lowest BCUT2D eigenvalue weighted by Crippen LogP contribution is -2.51. The summed E-state index contributed by atoms with van der Waals surface area (Å²) in [5, 5.41) is 0. The second kappa shape index (κ2) is 14.2. The first-order valence-electron chi connectivity index (χ1n) is 10.0. The van der Waals surface area contributed by atoms with Gasteiger partial charge in [-0.2, -0.15) is 4.65 Å². The van der Waals surface area contributed by atoms with Gasteiger partial charge in [0.2, 0.25) is 0 Å². The molecule has 0 amide bonds. The molecule has 10 heteroatoms. The lowest BCUT2D eigenvalue weighted by atomic mass is 10.4. The smallest absolute Gasteiger partial charge is 0.309 e. The van der Waals surface area contributed by atoms with Gasteiger partial charge in [-0.05, 0) is 41.0 Å². The Bertz CT molecular complexity index is 422. The molecule has 8 nitrogen and oxygen atoms in total. The molecule has 0 aromatic heterocycles. The van der Waals surface area contributed by atoms with Gasteiger partial charge in [0.05, 0.1) is 26.4 Å². The second-order valence-electron chi connectivity index (χ2n) is 5.99. The van der Waals surface area contributed by atoms with Gasteiger partial charge in [-0.15, -0.1) is 0 Å². The average Bonchev–Trinajstić information content (AvgIpc) is 2.62. The summed E-state index contributed by atoms with van der Waals surface area (Å²) in [5.74, 6) is 0. The molecule has 0 aromatic carbocycles. The van der Waals surface area contributed by atoms with Crippen LogP contribution in [0.5, 0.6) is 0 Å². The number of hydroxylamine groups is 3. The lowest BCUT2D eigenvalue weighted by Gasteiger charge is -2.36. The molecule has 0 unspecified atom stereocenters. The molecule has 0 bridgehead atoms. The lowest BCUT2D eigenvalue weighted by molar-refractivity contribution is -1.10. The molecule has 0 saturated heterocycles. The van der Waals surface area contributed by atoms with E-state index in [-0.39, 0.29) is 17.0 Å². The van der Waals surface area contributed by atoms with E-state index in [0.29, 0.717) is 52.7 Å². The first kappa shape index (κ1) is 27.2. The van der Waals surface area contributed by atoms with Gasteiger partial charge >= 0.3 is 15.2 Å². The molecule has 0 atom stereocenters. The molecule has 164 valence electrons. The molecule has 0 rings (SSSR count). The van der Waals surface area contributed by atoms with E-state index in [9.17, 15) is 9.13 Å². The summed E-state index contributed by atoms with van der Waals surface area (Å²) in [6, 6.07) is 0. The van der Waals surface area contributed by atoms with Crippen LogP contribution in [0.15, 0.2) is 0 Å². The quantitative estimate of drug-likeness (QED) is 0.176. The highest BCUT2D eigenvalue weighted by molar-refractivity contribution is 7.54. The minimum atomic E-state index is -3.18. The topological polar surface area (TPSA) is 80.3 Å². The van der Waals surface area contributed by atoms with Gasteiger partial charge in [-0.1, -0.05) is 6.92 Å². The predicted molar refractivity (Wildman–Crippen MR) is 108 cm³/mol. The molecule has 0 aromatic rings. The van der Waals surface area contributed by atoms with E-state index < -0.39 is 15.2 Å². The van der Waals surface area contributed by atoms with Crippen molar-refractivity contribution in [2.75, 3.05) is 65.0 Å². The molecule has 0 heterocycles. The molecule has 0 aliphatic heterocycles. The van der Waals surface area contributed by atoms with Gasteiger partial charge in [0, 0.05) is 0 Å². The van der Waals surface area contributed by atoms with E-state index in [4.69, 9.17) is 22.9 Å². The van der Waals surface area contributed by atoms with Crippen molar-refractivity contribution in [3.8, 4) is 0 Å². The number of nitrogens with zero attached hydrogens (tertiary/aromatic N) is 1. The molecule has 0 aliphatic rings. The minimum Gasteiger partial charge on any atom is -0.309 e. The summed E-state index contributed by atoms with van der Waals surface area (Å²) in [5.41, 5.74) is 0. The van der Waals surface area contributed by atoms with Gasteiger partial charge in [0.15, 0.2) is 0 Å². The van der Waals surface area contributed by atoms with Crippen molar-refractivity contribution in [3.05, 3.63) is 0 Å². The molecule has 0 fully saturated rings. The summed E-state index contributed by atoms with van der Waals surface area (Å²) >= 11 is 0. The van der Waals surface area contributed by atoms with Crippen LogP contribution in [0.4, 0.5) is 0 Å². The molecule has 0 radical (unpaired) electrons. The van der Waals surface area contributed by atoms with Crippen molar-refractivity contribution in [3.63, 3.8) is 0 Å². The average molecular weight is 432 g/mol. The van der Waals surface area contributed by atoms with E-state index in [1.165, 1.54) is 0 Å². The number of rotatable bonds is 18. The van der Waals surface area contributed by atoms with Crippen LogP contribution in [0, 0.1) is 0 Å². The maximum atomic E-state index is 12.8.